The van der Waals surface area contributed by atoms with Gasteiger partial charge in [0.05, 0.1) is 17.6 Å². The zero-order valence-corrected chi connectivity index (χ0v) is 9.10. The molecule has 0 spiro atoms. The van der Waals surface area contributed by atoms with Crippen LogP contribution in [-0.2, 0) is 0 Å². The zero-order valence-electron chi connectivity index (χ0n) is 7.53. The first-order valence-corrected chi connectivity index (χ1v) is 4.27. The topological polar surface area (TPSA) is 22.1 Å². The normalized spacial score (nSPS) is 9.57. The highest BCUT2D eigenvalue weighted by atomic mass is 35.5. The van der Waals surface area contributed by atoms with Gasteiger partial charge in [-0.25, -0.2) is 0 Å². The van der Waals surface area contributed by atoms with Gasteiger partial charge in [0.1, 0.15) is 5.75 Å². The number of fused-ring (bicyclic) bond motifs is 1. The smallest absolute Gasteiger partial charge is 0.119 e. The third kappa shape index (κ3) is 1.91. The van der Waals surface area contributed by atoms with Gasteiger partial charge >= 0.3 is 0 Å². The van der Waals surface area contributed by atoms with Crippen molar-refractivity contribution in [2.45, 2.75) is 0 Å². The average molecular weight is 230 g/mol. The number of halogens is 2. The fourth-order valence-corrected chi connectivity index (χ4v) is 1.43. The van der Waals surface area contributed by atoms with Crippen molar-refractivity contribution in [3.05, 3.63) is 35.5 Å². The molecular formula is C10H9Cl2NO. The average Bonchev–Trinajstić information content (AvgIpc) is 2.18. The number of nitrogens with zero attached hydrogens (tertiary/aromatic N) is 1. The van der Waals surface area contributed by atoms with Gasteiger partial charge in [0.2, 0.25) is 0 Å². The zero-order chi connectivity index (χ0) is 9.26. The van der Waals surface area contributed by atoms with E-state index in [1.165, 1.54) is 0 Å². The summed E-state index contributed by atoms with van der Waals surface area (Å²) in [4.78, 5) is 4.18. The molecule has 1 aromatic heterocycles. The number of pyridine rings is 1. The number of hydrogen-bond donors (Lipinski definition) is 0. The third-order valence-electron chi connectivity index (χ3n) is 1.90. The highest BCUT2D eigenvalue weighted by Crippen LogP contribution is 2.25. The molecule has 0 amide bonds. The largest absolute Gasteiger partial charge is 0.497 e. The van der Waals surface area contributed by atoms with Crippen LogP contribution in [0.4, 0.5) is 0 Å². The summed E-state index contributed by atoms with van der Waals surface area (Å²) in [7, 11) is 1.63. The summed E-state index contributed by atoms with van der Waals surface area (Å²) in [5, 5.41) is 1.62. The molecule has 0 saturated carbocycles. The fraction of sp³-hybridized carbons (Fsp3) is 0.100. The van der Waals surface area contributed by atoms with Crippen LogP contribution in [0, 0.1) is 0 Å². The Hall–Kier alpha value is -0.990. The van der Waals surface area contributed by atoms with Crippen LogP contribution >= 0.6 is 24.0 Å². The van der Waals surface area contributed by atoms with Crippen LogP contribution in [0.1, 0.15) is 0 Å². The van der Waals surface area contributed by atoms with Crippen molar-refractivity contribution in [1.82, 2.24) is 4.98 Å². The Kier molecular flexibility index (Phi) is 3.55. The van der Waals surface area contributed by atoms with Crippen LogP contribution in [0.2, 0.25) is 5.02 Å². The van der Waals surface area contributed by atoms with Gasteiger partial charge in [0.25, 0.3) is 0 Å². The van der Waals surface area contributed by atoms with E-state index in [1.54, 1.807) is 19.4 Å². The van der Waals surface area contributed by atoms with E-state index in [9.17, 15) is 0 Å². The van der Waals surface area contributed by atoms with Crippen molar-refractivity contribution in [2.75, 3.05) is 7.11 Å². The highest BCUT2D eigenvalue weighted by Gasteiger charge is 2.00. The maximum Gasteiger partial charge on any atom is 0.119 e. The molecule has 0 aliphatic carbocycles. The molecule has 0 aliphatic rings. The summed E-state index contributed by atoms with van der Waals surface area (Å²) in [6, 6.07) is 7.40. The van der Waals surface area contributed by atoms with Crippen molar-refractivity contribution in [2.24, 2.45) is 0 Å². The second kappa shape index (κ2) is 4.49. The van der Waals surface area contributed by atoms with Gasteiger partial charge in [-0.3, -0.25) is 4.98 Å². The predicted molar refractivity (Wildman–Crippen MR) is 60.6 cm³/mol. The molecule has 0 fully saturated rings. The minimum atomic E-state index is 0. The van der Waals surface area contributed by atoms with Crippen LogP contribution in [0.25, 0.3) is 10.9 Å². The lowest BCUT2D eigenvalue weighted by atomic mass is 10.2. The number of rotatable bonds is 1. The molecule has 0 bridgehead atoms. The van der Waals surface area contributed by atoms with Crippen LogP contribution in [0.15, 0.2) is 30.5 Å². The summed E-state index contributed by atoms with van der Waals surface area (Å²) in [5.41, 5.74) is 0.883. The van der Waals surface area contributed by atoms with E-state index in [0.29, 0.717) is 5.02 Å². The first kappa shape index (κ1) is 11.1. The molecule has 2 rings (SSSR count). The van der Waals surface area contributed by atoms with Crippen LogP contribution in [0.3, 0.4) is 0 Å². The second-order valence-corrected chi connectivity index (χ2v) is 3.08. The van der Waals surface area contributed by atoms with E-state index in [-0.39, 0.29) is 12.4 Å². The lowest BCUT2D eigenvalue weighted by Gasteiger charge is -2.02. The Labute approximate surface area is 93.3 Å². The molecular weight excluding hydrogens is 221 g/mol. The Morgan fingerprint density at radius 2 is 2.07 bits per heavy atom. The van der Waals surface area contributed by atoms with Gasteiger partial charge in [-0.05, 0) is 24.3 Å². The van der Waals surface area contributed by atoms with Crippen molar-refractivity contribution >= 4 is 34.9 Å². The number of ether oxygens (including phenoxy) is 1. The summed E-state index contributed by atoms with van der Waals surface area (Å²) in [6.07, 6.45) is 1.69. The van der Waals surface area contributed by atoms with Crippen LogP contribution < -0.4 is 4.74 Å². The van der Waals surface area contributed by atoms with Crippen LogP contribution in [0.5, 0.6) is 5.75 Å². The Morgan fingerprint density at radius 3 is 2.79 bits per heavy atom. The van der Waals surface area contributed by atoms with Crippen molar-refractivity contribution in [3.8, 4) is 5.75 Å². The minimum Gasteiger partial charge on any atom is -0.497 e. The summed E-state index contributed by atoms with van der Waals surface area (Å²) in [6.45, 7) is 0. The lowest BCUT2D eigenvalue weighted by Crippen LogP contribution is -1.84. The third-order valence-corrected chi connectivity index (χ3v) is 2.23. The molecule has 0 atom stereocenters. The van der Waals surface area contributed by atoms with E-state index >= 15 is 0 Å². The molecule has 4 heteroatoms. The fourth-order valence-electron chi connectivity index (χ4n) is 1.22. The maximum atomic E-state index is 5.99. The van der Waals surface area contributed by atoms with Gasteiger partial charge in [0.15, 0.2) is 0 Å². The van der Waals surface area contributed by atoms with Gasteiger partial charge in [-0.2, -0.15) is 0 Å². The Balaban J connectivity index is 0.000000980. The monoisotopic (exact) mass is 229 g/mol. The van der Waals surface area contributed by atoms with E-state index in [0.717, 1.165) is 16.7 Å². The summed E-state index contributed by atoms with van der Waals surface area (Å²) in [5.74, 6) is 0.794. The SMILES string of the molecule is COc1ccc2nccc(Cl)c2c1.Cl. The van der Waals surface area contributed by atoms with E-state index < -0.39 is 0 Å². The molecule has 2 nitrogen and oxygen atoms in total. The van der Waals surface area contributed by atoms with Crippen molar-refractivity contribution in [1.29, 1.82) is 0 Å². The molecule has 0 aliphatic heterocycles. The van der Waals surface area contributed by atoms with Crippen LogP contribution in [-0.4, -0.2) is 12.1 Å². The molecule has 0 unspecified atom stereocenters. The van der Waals surface area contributed by atoms with Crippen molar-refractivity contribution < 1.29 is 4.74 Å². The number of hydrogen-bond acceptors (Lipinski definition) is 2. The lowest BCUT2D eigenvalue weighted by molar-refractivity contribution is 0.415. The number of methoxy groups -OCH3 is 1. The maximum absolute atomic E-state index is 5.99. The van der Waals surface area contributed by atoms with Crippen molar-refractivity contribution in [3.63, 3.8) is 0 Å². The molecule has 0 saturated heterocycles. The first-order chi connectivity index (χ1) is 6.31. The van der Waals surface area contributed by atoms with Gasteiger partial charge in [0, 0.05) is 11.6 Å². The molecule has 1 aromatic carbocycles. The summed E-state index contributed by atoms with van der Waals surface area (Å²) >= 11 is 5.99. The van der Waals surface area contributed by atoms with E-state index in [4.69, 9.17) is 16.3 Å². The number of aromatic nitrogens is 1. The first-order valence-electron chi connectivity index (χ1n) is 3.89. The highest BCUT2D eigenvalue weighted by molar-refractivity contribution is 6.35. The standard InChI is InChI=1S/C10H8ClNO.ClH/c1-13-7-2-3-10-8(6-7)9(11)4-5-12-10;/h2-6H,1H3;1H. The molecule has 0 N–H and O–H groups in total. The molecule has 0 radical (unpaired) electrons. The van der Waals surface area contributed by atoms with E-state index in [2.05, 4.69) is 4.98 Å². The Morgan fingerprint density at radius 1 is 1.29 bits per heavy atom. The summed E-state index contributed by atoms with van der Waals surface area (Å²) < 4.78 is 5.09. The quantitative estimate of drug-likeness (QED) is 0.749. The van der Waals surface area contributed by atoms with Gasteiger partial charge < -0.3 is 4.74 Å². The van der Waals surface area contributed by atoms with Gasteiger partial charge in [-0.15, -0.1) is 12.4 Å². The molecule has 2 aromatic rings. The molecule has 1 heterocycles. The van der Waals surface area contributed by atoms with Gasteiger partial charge in [-0.1, -0.05) is 11.6 Å². The van der Waals surface area contributed by atoms with E-state index in [1.807, 2.05) is 18.2 Å². The second-order valence-electron chi connectivity index (χ2n) is 2.68. The minimum absolute atomic E-state index is 0. The molecule has 14 heavy (non-hydrogen) atoms. The molecule has 74 valence electrons. The Bertz CT molecular complexity index is 445. The predicted octanol–water partition coefficient (Wildman–Crippen LogP) is 3.32. The number of benzene rings is 1.